The summed E-state index contributed by atoms with van der Waals surface area (Å²) in [5, 5.41) is 7.06. The van der Waals surface area contributed by atoms with Crippen LogP contribution >= 0.6 is 24.4 Å². The number of methoxy groups -OCH3 is 1. The number of hydrazone groups is 1. The highest BCUT2D eigenvalue weighted by atomic mass is 32.1. The summed E-state index contributed by atoms with van der Waals surface area (Å²) in [7, 11) is 1.62. The molecule has 18 heavy (non-hydrogen) atoms. The third-order valence-electron chi connectivity index (χ3n) is 2.01. The van der Waals surface area contributed by atoms with Crippen LogP contribution in [0, 0.1) is 0 Å². The average Bonchev–Trinajstić information content (AvgIpc) is 2.36. The fourth-order valence-corrected chi connectivity index (χ4v) is 1.29. The molecule has 0 aliphatic carbocycles. The van der Waals surface area contributed by atoms with E-state index in [0.717, 1.165) is 11.4 Å². The first-order chi connectivity index (χ1) is 8.52. The average molecular weight is 282 g/mol. The van der Waals surface area contributed by atoms with Crippen molar-refractivity contribution in [3.63, 3.8) is 0 Å². The molecule has 0 fully saturated rings. The van der Waals surface area contributed by atoms with E-state index in [9.17, 15) is 0 Å². The molecule has 0 spiro atoms. The number of benzene rings is 1. The van der Waals surface area contributed by atoms with Crippen LogP contribution in [-0.4, -0.2) is 22.9 Å². The van der Waals surface area contributed by atoms with Gasteiger partial charge in [0.2, 0.25) is 0 Å². The number of anilines is 1. The smallest absolute Gasteiger partial charge is 0.184 e. The highest BCUT2D eigenvalue weighted by Gasteiger charge is 2.02. The van der Waals surface area contributed by atoms with Gasteiger partial charge in [-0.25, -0.2) is 0 Å². The lowest BCUT2D eigenvalue weighted by Crippen LogP contribution is -2.28. The van der Waals surface area contributed by atoms with Crippen molar-refractivity contribution in [2.24, 2.45) is 10.8 Å². The lowest BCUT2D eigenvalue weighted by Gasteiger charge is -2.08. The number of nitrogens with zero attached hydrogens (tertiary/aromatic N) is 1. The molecule has 0 atom stereocenters. The maximum atomic E-state index is 5.26. The van der Waals surface area contributed by atoms with E-state index in [4.69, 9.17) is 22.7 Å². The molecule has 5 nitrogen and oxygen atoms in total. The number of hydrogen-bond acceptors (Lipinski definition) is 4. The van der Waals surface area contributed by atoms with Crippen molar-refractivity contribution in [1.29, 1.82) is 0 Å². The van der Waals surface area contributed by atoms with Crippen LogP contribution in [0.4, 0.5) is 5.69 Å². The minimum absolute atomic E-state index is 0.0987. The van der Waals surface area contributed by atoms with Crippen LogP contribution < -0.4 is 21.2 Å². The van der Waals surface area contributed by atoms with Gasteiger partial charge in [-0.05, 0) is 43.4 Å². The Morgan fingerprint density at radius 2 is 1.89 bits per heavy atom. The Morgan fingerprint density at radius 1 is 1.28 bits per heavy atom. The van der Waals surface area contributed by atoms with Crippen LogP contribution in [0.15, 0.2) is 29.4 Å². The molecule has 1 aromatic carbocycles. The van der Waals surface area contributed by atoms with Gasteiger partial charge < -0.3 is 15.8 Å². The van der Waals surface area contributed by atoms with Gasteiger partial charge in [0.1, 0.15) is 10.7 Å². The summed E-state index contributed by atoms with van der Waals surface area (Å²) in [5.74, 6) is 0.784. The molecule has 0 unspecified atom stereocenters. The van der Waals surface area contributed by atoms with Crippen molar-refractivity contribution in [2.75, 3.05) is 12.4 Å². The minimum Gasteiger partial charge on any atom is -0.497 e. The van der Waals surface area contributed by atoms with Crippen LogP contribution in [0.1, 0.15) is 6.92 Å². The van der Waals surface area contributed by atoms with Crippen LogP contribution in [0.2, 0.25) is 0 Å². The number of rotatable bonds is 4. The quantitative estimate of drug-likeness (QED) is 0.443. The first kappa shape index (κ1) is 14.3. The molecule has 0 aliphatic heterocycles. The molecule has 0 saturated heterocycles. The molecular weight excluding hydrogens is 268 g/mol. The second-order valence-corrected chi connectivity index (χ2v) is 4.20. The summed E-state index contributed by atoms with van der Waals surface area (Å²) < 4.78 is 5.06. The standard InChI is InChI=1S/C11H14N4OS2/c1-7(14-15-11(12)18)10(17)13-8-3-5-9(16-2)6-4-8/h3-6H,1-2H3,(H,13,17)(H3,12,15,18)/b14-7+. The SMILES string of the molecule is COc1ccc(NC(=S)/C(C)=N/NC(N)=S)cc1. The molecule has 1 rings (SSSR count). The van der Waals surface area contributed by atoms with Gasteiger partial charge in [-0.3, -0.25) is 5.43 Å². The Bertz CT molecular complexity index is 470. The molecule has 0 heterocycles. The van der Waals surface area contributed by atoms with E-state index in [2.05, 4.69) is 28.1 Å². The van der Waals surface area contributed by atoms with Crippen LogP contribution in [-0.2, 0) is 0 Å². The number of nitrogens with one attached hydrogen (secondary N) is 2. The predicted octanol–water partition coefficient (Wildman–Crippen LogP) is 1.64. The zero-order chi connectivity index (χ0) is 13.5. The lowest BCUT2D eigenvalue weighted by atomic mass is 10.3. The molecule has 0 bridgehead atoms. The van der Waals surface area contributed by atoms with Gasteiger partial charge in [-0.2, -0.15) is 5.10 Å². The van der Waals surface area contributed by atoms with Gasteiger partial charge in [-0.1, -0.05) is 12.2 Å². The van der Waals surface area contributed by atoms with E-state index in [0.29, 0.717) is 10.7 Å². The summed E-state index contributed by atoms with van der Waals surface area (Å²) in [5.41, 5.74) is 9.18. The van der Waals surface area contributed by atoms with Gasteiger partial charge in [0, 0.05) is 5.69 Å². The van der Waals surface area contributed by atoms with Gasteiger partial charge in [0.15, 0.2) is 5.11 Å². The molecule has 0 radical (unpaired) electrons. The maximum Gasteiger partial charge on any atom is 0.184 e. The fraction of sp³-hybridized carbons (Fsp3) is 0.182. The number of ether oxygens (including phenoxy) is 1. The van der Waals surface area contributed by atoms with E-state index in [1.807, 2.05) is 24.3 Å². The monoisotopic (exact) mass is 282 g/mol. The largest absolute Gasteiger partial charge is 0.497 e. The molecule has 0 aromatic heterocycles. The Hall–Kier alpha value is -1.73. The molecule has 0 amide bonds. The van der Waals surface area contributed by atoms with Gasteiger partial charge in [0.05, 0.1) is 12.8 Å². The third kappa shape index (κ3) is 4.64. The molecule has 0 saturated carbocycles. The van der Waals surface area contributed by atoms with E-state index < -0.39 is 0 Å². The molecule has 96 valence electrons. The lowest BCUT2D eigenvalue weighted by molar-refractivity contribution is 0.415. The summed E-state index contributed by atoms with van der Waals surface area (Å²) >= 11 is 9.81. The van der Waals surface area contributed by atoms with Crippen molar-refractivity contribution in [3.8, 4) is 5.75 Å². The topological polar surface area (TPSA) is 71.7 Å². The van der Waals surface area contributed by atoms with E-state index in [-0.39, 0.29) is 5.11 Å². The zero-order valence-electron chi connectivity index (χ0n) is 10.1. The van der Waals surface area contributed by atoms with E-state index in [1.165, 1.54) is 0 Å². The summed E-state index contributed by atoms with van der Waals surface area (Å²) in [6, 6.07) is 7.40. The van der Waals surface area contributed by atoms with Gasteiger partial charge in [0.25, 0.3) is 0 Å². The van der Waals surface area contributed by atoms with E-state index >= 15 is 0 Å². The van der Waals surface area contributed by atoms with Crippen molar-refractivity contribution >= 4 is 45.9 Å². The second-order valence-electron chi connectivity index (χ2n) is 3.36. The first-order valence-electron chi connectivity index (χ1n) is 5.08. The number of nitrogens with two attached hydrogens (primary N) is 1. The summed E-state index contributed by atoms with van der Waals surface area (Å²) in [6.45, 7) is 1.75. The zero-order valence-corrected chi connectivity index (χ0v) is 11.7. The highest BCUT2D eigenvalue weighted by Crippen LogP contribution is 2.15. The van der Waals surface area contributed by atoms with Gasteiger partial charge in [-0.15, -0.1) is 0 Å². The minimum atomic E-state index is 0.0987. The maximum absolute atomic E-state index is 5.26. The third-order valence-corrected chi connectivity index (χ3v) is 2.50. The Morgan fingerprint density at radius 3 is 2.39 bits per heavy atom. The molecule has 4 N–H and O–H groups in total. The van der Waals surface area contributed by atoms with Crippen molar-refractivity contribution < 1.29 is 4.74 Å². The molecular formula is C11H14N4OS2. The van der Waals surface area contributed by atoms with Crippen molar-refractivity contribution in [2.45, 2.75) is 6.92 Å². The van der Waals surface area contributed by atoms with Crippen LogP contribution in [0.5, 0.6) is 5.75 Å². The van der Waals surface area contributed by atoms with Gasteiger partial charge >= 0.3 is 0 Å². The fourth-order valence-electron chi connectivity index (χ4n) is 1.09. The Labute approximate surface area is 116 Å². The first-order valence-corrected chi connectivity index (χ1v) is 5.89. The summed E-state index contributed by atoms with van der Waals surface area (Å²) in [4.78, 5) is 0.490. The van der Waals surface area contributed by atoms with Crippen molar-refractivity contribution in [1.82, 2.24) is 5.43 Å². The van der Waals surface area contributed by atoms with Crippen LogP contribution in [0.3, 0.4) is 0 Å². The Balaban J connectivity index is 2.63. The molecule has 1 aromatic rings. The summed E-state index contributed by atoms with van der Waals surface area (Å²) in [6.07, 6.45) is 0. The molecule has 7 heteroatoms. The molecule has 0 aliphatic rings. The van der Waals surface area contributed by atoms with Crippen molar-refractivity contribution in [3.05, 3.63) is 24.3 Å². The highest BCUT2D eigenvalue weighted by molar-refractivity contribution is 7.82. The number of thiocarbonyl (C=S) groups is 2. The number of hydrogen-bond donors (Lipinski definition) is 3. The van der Waals surface area contributed by atoms with E-state index in [1.54, 1.807) is 14.0 Å². The van der Waals surface area contributed by atoms with Crippen LogP contribution in [0.25, 0.3) is 0 Å². The predicted molar refractivity (Wildman–Crippen MR) is 82.2 cm³/mol. The normalized spacial score (nSPS) is 10.7. The Kier molecular flexibility index (Phi) is 5.47. The second kappa shape index (κ2) is 6.87.